The van der Waals surface area contributed by atoms with Crippen LogP contribution in [-0.4, -0.2) is 22.5 Å². The Balaban J connectivity index is 2.02. The summed E-state index contributed by atoms with van der Waals surface area (Å²) in [5, 5.41) is 14.9. The smallest absolute Gasteiger partial charge is 0.134 e. The van der Waals surface area contributed by atoms with Gasteiger partial charge in [0.05, 0.1) is 11.3 Å². The monoisotopic (exact) mass is 243 g/mol. The Morgan fingerprint density at radius 1 is 1.53 bits per heavy atom. The second-order valence-corrected chi connectivity index (χ2v) is 6.11. The van der Waals surface area contributed by atoms with Crippen LogP contribution in [0.2, 0.25) is 0 Å². The minimum atomic E-state index is 0.340. The van der Waals surface area contributed by atoms with E-state index in [1.54, 1.807) is 11.3 Å². The average Bonchev–Trinajstić information content (AvgIpc) is 2.89. The van der Waals surface area contributed by atoms with Crippen LogP contribution in [0.15, 0.2) is 0 Å². The molecule has 2 heterocycles. The molecule has 0 spiro atoms. The van der Waals surface area contributed by atoms with Gasteiger partial charge < -0.3 is 5.32 Å². The fourth-order valence-corrected chi connectivity index (χ4v) is 4.09. The maximum absolute atomic E-state index is 4.31. The lowest BCUT2D eigenvalue weighted by Gasteiger charge is -2.06. The summed E-state index contributed by atoms with van der Waals surface area (Å²) in [5.74, 6) is 1.28. The molecule has 0 radical (unpaired) electrons. The molecule has 1 fully saturated rings. The number of hydrogen-bond donors (Lipinski definition) is 1. The fourth-order valence-electron chi connectivity index (χ4n) is 1.72. The van der Waals surface area contributed by atoms with Crippen molar-refractivity contribution in [2.75, 3.05) is 12.3 Å². The van der Waals surface area contributed by atoms with Crippen molar-refractivity contribution in [2.45, 2.75) is 38.0 Å². The molecule has 1 aromatic rings. The van der Waals surface area contributed by atoms with Gasteiger partial charge in [0.2, 0.25) is 0 Å². The van der Waals surface area contributed by atoms with E-state index in [2.05, 4.69) is 29.4 Å². The maximum Gasteiger partial charge on any atom is 0.134 e. The molecule has 15 heavy (non-hydrogen) atoms. The molecule has 2 unspecified atom stereocenters. The number of aromatic nitrogens is 2. The predicted molar refractivity (Wildman–Crippen MR) is 66.4 cm³/mol. The predicted octanol–water partition coefficient (Wildman–Crippen LogP) is 2.78. The molecule has 3 nitrogen and oxygen atoms in total. The number of hydrogen-bond acceptors (Lipinski definition) is 5. The molecule has 2 atom stereocenters. The lowest BCUT2D eigenvalue weighted by molar-refractivity contribution is 0.589. The highest BCUT2D eigenvalue weighted by molar-refractivity contribution is 7.99. The van der Waals surface area contributed by atoms with E-state index in [9.17, 15) is 0 Å². The normalized spacial score (nSPS) is 23.2. The molecule has 1 N–H and O–H groups in total. The third-order valence-corrected chi connectivity index (χ3v) is 5.30. The molecule has 84 valence electrons. The van der Waals surface area contributed by atoms with E-state index >= 15 is 0 Å². The summed E-state index contributed by atoms with van der Waals surface area (Å²) in [6, 6.07) is 0.340. The number of nitrogens with zero attached hydrogens (tertiary/aromatic N) is 2. The SMILES string of the molecule is CCNC(C)c1nnc(C2CCCS2)s1. The van der Waals surface area contributed by atoms with Gasteiger partial charge in [-0.1, -0.05) is 18.3 Å². The van der Waals surface area contributed by atoms with Crippen LogP contribution in [0, 0.1) is 0 Å². The highest BCUT2D eigenvalue weighted by atomic mass is 32.2. The third-order valence-electron chi connectivity index (χ3n) is 2.54. The van der Waals surface area contributed by atoms with Crippen LogP contribution < -0.4 is 5.32 Å². The summed E-state index contributed by atoms with van der Waals surface area (Å²) in [5.41, 5.74) is 0. The quantitative estimate of drug-likeness (QED) is 0.882. The average molecular weight is 243 g/mol. The van der Waals surface area contributed by atoms with Gasteiger partial charge >= 0.3 is 0 Å². The minimum absolute atomic E-state index is 0.340. The van der Waals surface area contributed by atoms with Crippen molar-refractivity contribution in [3.63, 3.8) is 0 Å². The Bertz CT molecular complexity index is 307. The largest absolute Gasteiger partial charge is 0.308 e. The molecule has 0 aromatic carbocycles. The molecule has 0 bridgehead atoms. The van der Waals surface area contributed by atoms with E-state index < -0.39 is 0 Å². The molecular formula is C10H17N3S2. The molecule has 1 aliphatic rings. The first kappa shape index (κ1) is 11.4. The maximum atomic E-state index is 4.31. The highest BCUT2D eigenvalue weighted by Crippen LogP contribution is 2.41. The van der Waals surface area contributed by atoms with Gasteiger partial charge in [0.15, 0.2) is 0 Å². The van der Waals surface area contributed by atoms with Crippen LogP contribution >= 0.6 is 23.1 Å². The van der Waals surface area contributed by atoms with Gasteiger partial charge in [0.25, 0.3) is 0 Å². The van der Waals surface area contributed by atoms with E-state index in [-0.39, 0.29) is 0 Å². The van der Waals surface area contributed by atoms with Crippen molar-refractivity contribution in [3.8, 4) is 0 Å². The summed E-state index contributed by atoms with van der Waals surface area (Å²) in [4.78, 5) is 0. The van der Waals surface area contributed by atoms with Crippen molar-refractivity contribution in [1.82, 2.24) is 15.5 Å². The standard InChI is InChI=1S/C10H17N3S2/c1-3-11-7(2)9-12-13-10(15-9)8-5-4-6-14-8/h7-8,11H,3-6H2,1-2H3. The van der Waals surface area contributed by atoms with Gasteiger partial charge in [-0.05, 0) is 32.1 Å². The first-order chi connectivity index (χ1) is 7.31. The summed E-state index contributed by atoms with van der Waals surface area (Å²) in [7, 11) is 0. The molecule has 1 aromatic heterocycles. The molecule has 2 rings (SSSR count). The Hall–Kier alpha value is -0.130. The zero-order chi connectivity index (χ0) is 10.7. The van der Waals surface area contributed by atoms with E-state index in [4.69, 9.17) is 0 Å². The Labute approximate surface area is 99.1 Å². The minimum Gasteiger partial charge on any atom is -0.308 e. The van der Waals surface area contributed by atoms with Gasteiger partial charge in [-0.2, -0.15) is 11.8 Å². The van der Waals surface area contributed by atoms with Crippen molar-refractivity contribution < 1.29 is 0 Å². The summed E-state index contributed by atoms with van der Waals surface area (Å²) in [6.45, 7) is 5.25. The number of nitrogens with one attached hydrogen (secondary N) is 1. The third kappa shape index (κ3) is 2.71. The van der Waals surface area contributed by atoms with Gasteiger partial charge in [-0.25, -0.2) is 0 Å². The van der Waals surface area contributed by atoms with Crippen molar-refractivity contribution >= 4 is 23.1 Å². The topological polar surface area (TPSA) is 37.8 Å². The lowest BCUT2D eigenvalue weighted by Crippen LogP contribution is -2.17. The molecular weight excluding hydrogens is 226 g/mol. The van der Waals surface area contributed by atoms with Crippen molar-refractivity contribution in [2.24, 2.45) is 0 Å². The van der Waals surface area contributed by atoms with E-state index in [0.717, 1.165) is 11.6 Å². The van der Waals surface area contributed by atoms with Gasteiger partial charge in [0, 0.05) is 0 Å². The second-order valence-electron chi connectivity index (χ2n) is 3.76. The lowest BCUT2D eigenvalue weighted by atomic mass is 10.3. The number of rotatable bonds is 4. The summed E-state index contributed by atoms with van der Waals surface area (Å²) >= 11 is 3.79. The zero-order valence-electron chi connectivity index (χ0n) is 9.19. The van der Waals surface area contributed by atoms with Gasteiger partial charge in [-0.3, -0.25) is 0 Å². The second kappa shape index (κ2) is 5.27. The van der Waals surface area contributed by atoms with Gasteiger partial charge in [0.1, 0.15) is 10.0 Å². The molecule has 0 saturated carbocycles. The first-order valence-corrected chi connectivity index (χ1v) is 7.36. The Morgan fingerprint density at radius 3 is 3.07 bits per heavy atom. The van der Waals surface area contributed by atoms with Crippen LogP contribution in [0.3, 0.4) is 0 Å². The van der Waals surface area contributed by atoms with Crippen LogP contribution in [0.1, 0.15) is 48.0 Å². The molecule has 0 amide bonds. The van der Waals surface area contributed by atoms with E-state index in [0.29, 0.717) is 11.3 Å². The van der Waals surface area contributed by atoms with Crippen LogP contribution in [-0.2, 0) is 0 Å². The van der Waals surface area contributed by atoms with Crippen LogP contribution in [0.25, 0.3) is 0 Å². The van der Waals surface area contributed by atoms with Gasteiger partial charge in [-0.15, -0.1) is 10.2 Å². The van der Waals surface area contributed by atoms with Crippen molar-refractivity contribution in [1.29, 1.82) is 0 Å². The molecule has 0 aliphatic carbocycles. The Kier molecular flexibility index (Phi) is 3.99. The summed E-state index contributed by atoms with van der Waals surface area (Å²) in [6.07, 6.45) is 2.60. The fraction of sp³-hybridized carbons (Fsp3) is 0.800. The zero-order valence-corrected chi connectivity index (χ0v) is 10.8. The molecule has 5 heteroatoms. The van der Waals surface area contributed by atoms with E-state index in [1.807, 2.05) is 11.8 Å². The first-order valence-electron chi connectivity index (χ1n) is 5.49. The molecule has 1 aliphatic heterocycles. The van der Waals surface area contributed by atoms with E-state index in [1.165, 1.54) is 23.6 Å². The van der Waals surface area contributed by atoms with Crippen LogP contribution in [0.4, 0.5) is 0 Å². The summed E-state index contributed by atoms with van der Waals surface area (Å²) < 4.78 is 0. The number of thioether (sulfide) groups is 1. The Morgan fingerprint density at radius 2 is 2.40 bits per heavy atom. The van der Waals surface area contributed by atoms with Crippen LogP contribution in [0.5, 0.6) is 0 Å². The van der Waals surface area contributed by atoms with Crippen molar-refractivity contribution in [3.05, 3.63) is 10.0 Å². The molecule has 1 saturated heterocycles. The highest BCUT2D eigenvalue weighted by Gasteiger charge is 2.22.